The van der Waals surface area contributed by atoms with E-state index in [-0.39, 0.29) is 7.47 Å². The Balaban J connectivity index is 0.00000112. The number of rotatable bonds is 3. The Morgan fingerprint density at radius 2 is 2.57 bits per heavy atom. The van der Waals surface area contributed by atoms with Crippen molar-refractivity contribution in [3.8, 4) is 0 Å². The number of methoxy groups -OCH3 is 1. The van der Waals surface area contributed by atoms with Gasteiger partial charge in [-0.2, -0.15) is 0 Å². The molecule has 0 fully saturated rings. The second-order valence-corrected chi connectivity index (χ2v) is 4.04. The van der Waals surface area contributed by atoms with Crippen LogP contribution in [0.3, 0.4) is 0 Å². The van der Waals surface area contributed by atoms with E-state index in [0.717, 1.165) is 25.0 Å². The van der Waals surface area contributed by atoms with Crippen LogP contribution in [0.4, 0.5) is 0 Å². The molecule has 14 heavy (non-hydrogen) atoms. The molecular weight excluding hydrogens is 174 g/mol. The SMILES string of the molecule is C=C(CC1C=CC2=C1CC[C@@H]2N)OC.[HH]. The highest BCUT2D eigenvalue weighted by molar-refractivity contribution is 5.43. The van der Waals surface area contributed by atoms with E-state index in [4.69, 9.17) is 10.5 Å². The number of ether oxygens (including phenoxy) is 1. The van der Waals surface area contributed by atoms with Crippen molar-refractivity contribution in [3.63, 3.8) is 0 Å². The van der Waals surface area contributed by atoms with Crippen LogP contribution in [-0.2, 0) is 4.74 Å². The second kappa shape index (κ2) is 3.62. The molecule has 0 amide bonds. The van der Waals surface area contributed by atoms with Crippen LogP contribution >= 0.6 is 0 Å². The summed E-state index contributed by atoms with van der Waals surface area (Å²) in [5, 5.41) is 0. The molecule has 1 unspecified atom stereocenters. The Labute approximate surface area is 86.6 Å². The summed E-state index contributed by atoms with van der Waals surface area (Å²) in [6.45, 7) is 3.86. The number of allylic oxidation sites excluding steroid dienone is 3. The number of nitrogens with two attached hydrogens (primary N) is 1. The van der Waals surface area contributed by atoms with E-state index in [1.165, 1.54) is 11.1 Å². The van der Waals surface area contributed by atoms with Crippen LogP contribution in [0, 0.1) is 5.92 Å². The minimum Gasteiger partial charge on any atom is -0.502 e. The summed E-state index contributed by atoms with van der Waals surface area (Å²) < 4.78 is 5.11. The molecule has 2 N–H and O–H groups in total. The Bertz CT molecular complexity index is 320. The molecule has 0 saturated heterocycles. The minimum absolute atomic E-state index is 0. The van der Waals surface area contributed by atoms with Crippen LogP contribution in [0.2, 0.25) is 0 Å². The lowest BCUT2D eigenvalue weighted by Gasteiger charge is -2.12. The first-order chi connectivity index (χ1) is 6.72. The van der Waals surface area contributed by atoms with Crippen LogP contribution in [0.5, 0.6) is 0 Å². The molecule has 2 aliphatic rings. The van der Waals surface area contributed by atoms with Crippen molar-refractivity contribution in [1.29, 1.82) is 0 Å². The highest BCUT2D eigenvalue weighted by Gasteiger charge is 2.29. The lowest BCUT2D eigenvalue weighted by molar-refractivity contribution is 0.272. The maximum absolute atomic E-state index is 5.98. The van der Waals surface area contributed by atoms with Gasteiger partial charge in [-0.05, 0) is 18.4 Å². The number of hydrogen-bond acceptors (Lipinski definition) is 2. The van der Waals surface area contributed by atoms with Gasteiger partial charge in [-0.15, -0.1) is 0 Å². The van der Waals surface area contributed by atoms with E-state index in [0.29, 0.717) is 5.92 Å². The fraction of sp³-hybridized carbons (Fsp3) is 0.500. The quantitative estimate of drug-likeness (QED) is 0.698. The fourth-order valence-corrected chi connectivity index (χ4v) is 2.33. The van der Waals surface area contributed by atoms with Gasteiger partial charge in [-0.3, -0.25) is 0 Å². The van der Waals surface area contributed by atoms with Crippen molar-refractivity contribution in [3.05, 3.63) is 35.6 Å². The first kappa shape index (κ1) is 9.53. The molecule has 0 aromatic rings. The highest BCUT2D eigenvalue weighted by Crippen LogP contribution is 2.39. The van der Waals surface area contributed by atoms with E-state index >= 15 is 0 Å². The van der Waals surface area contributed by atoms with Gasteiger partial charge in [0.2, 0.25) is 0 Å². The van der Waals surface area contributed by atoms with Gasteiger partial charge in [0.1, 0.15) is 0 Å². The normalized spacial score (nSPS) is 29.6. The fourth-order valence-electron chi connectivity index (χ4n) is 2.33. The van der Waals surface area contributed by atoms with Crippen LogP contribution in [0.1, 0.15) is 20.7 Å². The predicted molar refractivity (Wildman–Crippen MR) is 59.7 cm³/mol. The molecule has 0 saturated carbocycles. The molecule has 2 heteroatoms. The zero-order valence-electron chi connectivity index (χ0n) is 8.62. The average molecular weight is 193 g/mol. The lowest BCUT2D eigenvalue weighted by Crippen LogP contribution is -2.17. The van der Waals surface area contributed by atoms with Gasteiger partial charge in [-0.1, -0.05) is 24.3 Å². The summed E-state index contributed by atoms with van der Waals surface area (Å²) in [4.78, 5) is 0. The maximum Gasteiger partial charge on any atom is 0.0893 e. The second-order valence-electron chi connectivity index (χ2n) is 4.04. The highest BCUT2D eigenvalue weighted by atomic mass is 16.5. The largest absolute Gasteiger partial charge is 0.502 e. The monoisotopic (exact) mass is 193 g/mol. The molecule has 0 aromatic heterocycles. The summed E-state index contributed by atoms with van der Waals surface area (Å²) >= 11 is 0. The summed E-state index contributed by atoms with van der Waals surface area (Å²) in [5.74, 6) is 1.35. The van der Waals surface area contributed by atoms with Gasteiger partial charge < -0.3 is 10.5 Å². The Morgan fingerprint density at radius 3 is 3.29 bits per heavy atom. The maximum atomic E-state index is 5.98. The summed E-state index contributed by atoms with van der Waals surface area (Å²) in [6, 6.07) is 0.266. The lowest BCUT2D eigenvalue weighted by atomic mass is 9.96. The Hall–Kier alpha value is -1.02. The van der Waals surface area contributed by atoms with Gasteiger partial charge >= 0.3 is 0 Å². The summed E-state index contributed by atoms with van der Waals surface area (Å²) in [6.07, 6.45) is 7.56. The van der Waals surface area contributed by atoms with Gasteiger partial charge in [0.05, 0.1) is 12.9 Å². The van der Waals surface area contributed by atoms with Crippen molar-refractivity contribution < 1.29 is 6.16 Å². The zero-order valence-corrected chi connectivity index (χ0v) is 8.62. The predicted octanol–water partition coefficient (Wildman–Crippen LogP) is 2.39. The smallest absolute Gasteiger partial charge is 0.0893 e. The third kappa shape index (κ3) is 1.50. The van der Waals surface area contributed by atoms with E-state index in [2.05, 4.69) is 18.7 Å². The molecule has 2 rings (SSSR count). The molecule has 0 heterocycles. The minimum atomic E-state index is 0. The van der Waals surface area contributed by atoms with Crippen LogP contribution in [0.15, 0.2) is 35.6 Å². The molecule has 0 spiro atoms. The standard InChI is InChI=1S/C12H17NO.H2/c1-8(14-2)7-9-3-4-11-10(9)5-6-12(11)13;/h3-4,9,12H,1,5-7,13H2,2H3;1H/t9?,12-;/m0./s1. The molecule has 2 nitrogen and oxygen atoms in total. The van der Waals surface area contributed by atoms with Gasteiger partial charge in [0, 0.05) is 19.8 Å². The van der Waals surface area contributed by atoms with E-state index in [9.17, 15) is 0 Å². The average Bonchev–Trinajstić information content (AvgIpc) is 2.72. The Kier molecular flexibility index (Phi) is 2.46. The van der Waals surface area contributed by atoms with Gasteiger partial charge in [0.25, 0.3) is 0 Å². The van der Waals surface area contributed by atoms with E-state index < -0.39 is 0 Å². The molecule has 0 aliphatic heterocycles. The molecule has 78 valence electrons. The van der Waals surface area contributed by atoms with Crippen molar-refractivity contribution in [2.45, 2.75) is 25.3 Å². The first-order valence-electron chi connectivity index (χ1n) is 5.11. The molecular formula is C12H19NO. The van der Waals surface area contributed by atoms with Gasteiger partial charge in [0.15, 0.2) is 0 Å². The third-order valence-corrected chi connectivity index (χ3v) is 3.19. The van der Waals surface area contributed by atoms with Crippen molar-refractivity contribution in [1.82, 2.24) is 0 Å². The van der Waals surface area contributed by atoms with Crippen LogP contribution < -0.4 is 5.73 Å². The van der Waals surface area contributed by atoms with Crippen molar-refractivity contribution in [2.75, 3.05) is 7.11 Å². The van der Waals surface area contributed by atoms with Crippen molar-refractivity contribution >= 4 is 0 Å². The molecule has 0 aromatic carbocycles. The summed E-state index contributed by atoms with van der Waals surface area (Å²) in [5.41, 5.74) is 8.85. The first-order valence-corrected chi connectivity index (χ1v) is 5.11. The molecule has 0 radical (unpaired) electrons. The Morgan fingerprint density at radius 1 is 1.79 bits per heavy atom. The topological polar surface area (TPSA) is 35.2 Å². The third-order valence-electron chi connectivity index (χ3n) is 3.19. The van der Waals surface area contributed by atoms with Gasteiger partial charge in [-0.25, -0.2) is 0 Å². The van der Waals surface area contributed by atoms with E-state index in [1.54, 1.807) is 7.11 Å². The molecule has 2 atom stereocenters. The van der Waals surface area contributed by atoms with Crippen LogP contribution in [0.25, 0.3) is 0 Å². The van der Waals surface area contributed by atoms with Crippen LogP contribution in [-0.4, -0.2) is 13.2 Å². The van der Waals surface area contributed by atoms with Crippen molar-refractivity contribution in [2.24, 2.45) is 11.7 Å². The number of hydrogen-bond donors (Lipinski definition) is 1. The van der Waals surface area contributed by atoms with E-state index in [1.807, 2.05) is 0 Å². The zero-order chi connectivity index (χ0) is 10.1. The summed E-state index contributed by atoms with van der Waals surface area (Å²) in [7, 11) is 1.68. The molecule has 0 bridgehead atoms. The molecule has 2 aliphatic carbocycles.